The number of ether oxygens (including phenoxy) is 1. The Balaban J connectivity index is 0.000000813. The van der Waals surface area contributed by atoms with Gasteiger partial charge in [0.2, 0.25) is 11.9 Å². The predicted molar refractivity (Wildman–Crippen MR) is 167 cm³/mol. The first kappa shape index (κ1) is 38.2. The third-order valence-corrected chi connectivity index (χ3v) is 5.89. The van der Waals surface area contributed by atoms with Gasteiger partial charge in [-0.15, -0.1) is 12.4 Å². The smallest absolute Gasteiger partial charge is 0.328 e. The zero-order valence-electron chi connectivity index (χ0n) is 23.7. The highest BCUT2D eigenvalue weighted by Crippen LogP contribution is 2.23. The lowest BCUT2D eigenvalue weighted by molar-refractivity contribution is -0.134. The van der Waals surface area contributed by atoms with Crippen molar-refractivity contribution in [3.8, 4) is 5.75 Å². The number of aliphatic imine (C=N–C) groups is 1. The molecule has 1 atom stereocenters. The largest absolute Gasteiger partial charge is 0.492 e. The summed E-state index contributed by atoms with van der Waals surface area (Å²) in [6, 6.07) is 13.4. The maximum absolute atomic E-state index is 11.6. The van der Waals surface area contributed by atoms with Crippen LogP contribution in [-0.2, 0) is 20.8 Å². The number of aromatic nitrogens is 1. The fourth-order valence-corrected chi connectivity index (χ4v) is 3.68. The third kappa shape index (κ3) is 16.9. The summed E-state index contributed by atoms with van der Waals surface area (Å²) in [4.78, 5) is 53.2. The molecule has 2 aromatic rings. The second-order valence-corrected chi connectivity index (χ2v) is 9.62. The summed E-state index contributed by atoms with van der Waals surface area (Å²) >= 11 is 1.05. The predicted octanol–water partition coefficient (Wildman–Crippen LogP) is 1.38. The van der Waals surface area contributed by atoms with Crippen LogP contribution >= 0.6 is 24.2 Å². The summed E-state index contributed by atoms with van der Waals surface area (Å²) in [5.74, 6) is -1.09. The summed E-state index contributed by atoms with van der Waals surface area (Å²) in [7, 11) is 5.42. The van der Waals surface area contributed by atoms with Crippen LogP contribution in [0.25, 0.3) is 0 Å². The van der Waals surface area contributed by atoms with Gasteiger partial charge in [0.05, 0.1) is 11.8 Å². The Morgan fingerprint density at radius 1 is 1.09 bits per heavy atom. The molecule has 0 bridgehead atoms. The number of nitrogens with one attached hydrogen (secondary N) is 2. The molecule has 0 aliphatic carbocycles. The van der Waals surface area contributed by atoms with Crippen LogP contribution in [0.4, 0.5) is 10.6 Å². The molecule has 1 aromatic carbocycles. The standard InChI is InChI=1S/C18H19N3O3S.C4H11N5.C4H4O4.ClH/c1-21(16-4-2-3-9-19-16)10-11-24-14-7-5-13(6-8-14)12-15-17(22)20-18(23)25-15;1-9(2)4(7)8-3(5)6;5-3(6)1-2-4(7)8;/h2-9,15H,10-12H2,1H3,(H,20,22,23);1-2H3,(H5,5,6,7,8);1-2H,(H,5,6)(H,7,8);1H/b;;2-1-;. The topological polar surface area (TPSA) is 238 Å². The third-order valence-electron chi connectivity index (χ3n) is 4.91. The summed E-state index contributed by atoms with van der Waals surface area (Å²) in [6.07, 6.45) is 3.41. The number of imide groups is 1. The summed E-state index contributed by atoms with van der Waals surface area (Å²) in [5, 5.41) is 24.0. The van der Waals surface area contributed by atoms with Gasteiger partial charge in [0, 0.05) is 39.5 Å². The van der Waals surface area contributed by atoms with Gasteiger partial charge in [-0.05, 0) is 36.2 Å². The number of amides is 2. The average molecular weight is 639 g/mol. The fraction of sp³-hybridized carbons (Fsp3) is 0.269. The lowest BCUT2D eigenvalue weighted by atomic mass is 10.1. The number of pyridine rings is 1. The number of hydrogen-bond donors (Lipinski definition) is 6. The number of nitrogens with zero attached hydrogens (tertiary/aromatic N) is 4. The van der Waals surface area contributed by atoms with Gasteiger partial charge in [0.15, 0.2) is 5.96 Å². The minimum atomic E-state index is -1.26. The number of guanidine groups is 2. The van der Waals surface area contributed by atoms with E-state index in [1.54, 1.807) is 25.2 Å². The van der Waals surface area contributed by atoms with Crippen molar-refractivity contribution >= 4 is 65.0 Å². The number of anilines is 1. The number of aliphatic carboxylic acids is 2. The molecule has 0 radical (unpaired) electrons. The van der Waals surface area contributed by atoms with Crippen LogP contribution in [0.2, 0.25) is 0 Å². The molecule has 15 nitrogen and oxygen atoms in total. The molecule has 43 heavy (non-hydrogen) atoms. The molecule has 234 valence electrons. The van der Waals surface area contributed by atoms with Crippen LogP contribution in [0, 0.1) is 5.41 Å². The molecule has 2 amide bonds. The Morgan fingerprint density at radius 2 is 1.70 bits per heavy atom. The Morgan fingerprint density at radius 3 is 2.12 bits per heavy atom. The van der Waals surface area contributed by atoms with Gasteiger partial charge in [0.1, 0.15) is 18.2 Å². The zero-order valence-corrected chi connectivity index (χ0v) is 25.3. The molecule has 1 aliphatic rings. The van der Waals surface area contributed by atoms with Gasteiger partial charge in [-0.2, -0.15) is 4.99 Å². The van der Waals surface area contributed by atoms with Crippen LogP contribution in [0.5, 0.6) is 5.75 Å². The van der Waals surface area contributed by atoms with Crippen LogP contribution in [0.1, 0.15) is 5.56 Å². The number of hydrogen-bond acceptors (Lipinski definition) is 9. The van der Waals surface area contributed by atoms with Crippen molar-refractivity contribution in [2.75, 3.05) is 39.2 Å². The summed E-state index contributed by atoms with van der Waals surface area (Å²) in [6.45, 7) is 1.27. The number of carboxylic acids is 2. The summed E-state index contributed by atoms with van der Waals surface area (Å²) < 4.78 is 5.75. The van der Waals surface area contributed by atoms with E-state index in [1.807, 2.05) is 54.4 Å². The van der Waals surface area contributed by atoms with E-state index in [9.17, 15) is 19.2 Å². The Kier molecular flexibility index (Phi) is 17.9. The first-order valence-electron chi connectivity index (χ1n) is 12.1. The molecule has 8 N–H and O–H groups in total. The first-order chi connectivity index (χ1) is 19.8. The number of carboxylic acid groups (broad SMARTS) is 2. The number of rotatable bonds is 9. The molecule has 1 aromatic heterocycles. The van der Waals surface area contributed by atoms with Crippen molar-refractivity contribution in [2.24, 2.45) is 16.5 Å². The molecule has 1 fully saturated rings. The second-order valence-electron chi connectivity index (χ2n) is 8.45. The monoisotopic (exact) mass is 638 g/mol. The Labute approximate surface area is 258 Å². The highest BCUT2D eigenvalue weighted by Gasteiger charge is 2.31. The van der Waals surface area contributed by atoms with Crippen LogP contribution in [0.15, 0.2) is 65.8 Å². The zero-order chi connectivity index (χ0) is 31.7. The summed E-state index contributed by atoms with van der Waals surface area (Å²) in [5.41, 5.74) is 11.2. The van der Waals surface area contributed by atoms with Gasteiger partial charge in [-0.1, -0.05) is 30.0 Å². The van der Waals surface area contributed by atoms with Crippen LogP contribution in [0.3, 0.4) is 0 Å². The van der Waals surface area contributed by atoms with Gasteiger partial charge < -0.3 is 36.2 Å². The van der Waals surface area contributed by atoms with Crippen molar-refractivity contribution in [1.82, 2.24) is 15.2 Å². The molecule has 17 heteroatoms. The molecule has 0 saturated carbocycles. The maximum atomic E-state index is 11.6. The SMILES string of the molecule is CN(C)/C(N)=N/C(=N)N.CN(CCOc1ccc(CC2SC(=O)NC2=O)cc1)c1ccccn1.Cl.O=C(O)/C=C\C(=O)O. The van der Waals surface area contributed by atoms with E-state index in [2.05, 4.69) is 15.3 Å². The quantitative estimate of drug-likeness (QED) is 0.129. The number of nitrogens with two attached hydrogens (primary N) is 2. The normalized spacial score (nSPS) is 13.7. The van der Waals surface area contributed by atoms with Crippen molar-refractivity contribution < 1.29 is 34.1 Å². The van der Waals surface area contributed by atoms with Crippen LogP contribution in [-0.4, -0.2) is 94.6 Å². The maximum Gasteiger partial charge on any atom is 0.328 e. The van der Waals surface area contributed by atoms with Gasteiger partial charge in [0.25, 0.3) is 5.24 Å². The highest BCUT2D eigenvalue weighted by atomic mass is 35.5. The number of halogens is 1. The molecule has 2 heterocycles. The number of carbonyl (C=O) groups excluding carboxylic acids is 2. The number of benzene rings is 1. The first-order valence-corrected chi connectivity index (χ1v) is 13.0. The highest BCUT2D eigenvalue weighted by molar-refractivity contribution is 8.15. The minimum Gasteiger partial charge on any atom is -0.492 e. The van der Waals surface area contributed by atoms with Gasteiger partial charge in [-0.25, -0.2) is 14.6 Å². The number of carbonyl (C=O) groups is 4. The van der Waals surface area contributed by atoms with E-state index in [0.717, 1.165) is 35.4 Å². The van der Waals surface area contributed by atoms with E-state index in [4.69, 9.17) is 31.8 Å². The molecule has 1 saturated heterocycles. The number of thioether (sulfide) groups is 1. The Hall–Kier alpha value is -4.83. The van der Waals surface area contributed by atoms with Crippen molar-refractivity contribution in [2.45, 2.75) is 11.7 Å². The minimum absolute atomic E-state index is 0. The second kappa shape index (κ2) is 20.1. The van der Waals surface area contributed by atoms with E-state index in [0.29, 0.717) is 25.2 Å². The van der Waals surface area contributed by atoms with Crippen molar-refractivity contribution in [3.63, 3.8) is 0 Å². The molecule has 0 spiro atoms. The molecule has 1 unspecified atom stereocenters. The van der Waals surface area contributed by atoms with Gasteiger partial charge >= 0.3 is 11.9 Å². The lowest BCUT2D eigenvalue weighted by Gasteiger charge is -2.18. The van der Waals surface area contributed by atoms with E-state index < -0.39 is 11.9 Å². The van der Waals surface area contributed by atoms with E-state index in [1.165, 1.54) is 0 Å². The molecule has 1 aliphatic heterocycles. The van der Waals surface area contributed by atoms with Crippen molar-refractivity contribution in [1.29, 1.82) is 5.41 Å². The van der Waals surface area contributed by atoms with Crippen LogP contribution < -0.4 is 26.4 Å². The Bertz CT molecular complexity index is 1260. The van der Waals surface area contributed by atoms with Gasteiger partial charge in [-0.3, -0.25) is 20.3 Å². The van der Waals surface area contributed by atoms with Crippen molar-refractivity contribution in [3.05, 3.63) is 66.4 Å². The fourth-order valence-electron chi connectivity index (χ4n) is 2.82. The molecule has 3 rings (SSSR count). The lowest BCUT2D eigenvalue weighted by Crippen LogP contribution is -2.32. The van der Waals surface area contributed by atoms with E-state index in [-0.39, 0.29) is 40.7 Å². The number of likely N-dealkylation sites (N-methyl/N-ethyl adjacent to an activating group) is 1. The van der Waals surface area contributed by atoms with E-state index >= 15 is 0 Å². The molecular weight excluding hydrogens is 604 g/mol. The molecular formula is C26H35ClN8O7S. The average Bonchev–Trinajstić information content (AvgIpc) is 3.25.